The maximum Gasteiger partial charge on any atom is 0.319 e. The number of furan rings is 1. The first-order valence-electron chi connectivity index (χ1n) is 7.56. The Morgan fingerprint density at radius 1 is 1.46 bits per heavy atom. The molecule has 3 rings (SSSR count). The zero-order valence-electron chi connectivity index (χ0n) is 13.2. The first-order chi connectivity index (χ1) is 11.6. The fourth-order valence-corrected chi connectivity index (χ4v) is 2.82. The van der Waals surface area contributed by atoms with Crippen molar-refractivity contribution in [2.45, 2.75) is 25.3 Å². The molecule has 0 aromatic carbocycles. The van der Waals surface area contributed by atoms with Crippen LogP contribution in [-0.4, -0.2) is 24.0 Å². The standard InChI is InChI=1S/C16H18N4O4/c1-23-15-11(14(17)21)7-9(8-18-15)19-16(22)20-12-3-2-4-13-10(12)5-6-24-13/h5-8,12H,2-4H2,1H3,(H2,17,21)(H2,19,20,22). The summed E-state index contributed by atoms with van der Waals surface area (Å²) in [5.74, 6) is 0.344. The van der Waals surface area contributed by atoms with E-state index in [4.69, 9.17) is 14.9 Å². The molecule has 24 heavy (non-hydrogen) atoms. The number of hydrogen-bond acceptors (Lipinski definition) is 5. The number of amides is 3. The molecule has 8 heteroatoms. The molecule has 126 valence electrons. The summed E-state index contributed by atoms with van der Waals surface area (Å²) >= 11 is 0. The number of ether oxygens (including phenoxy) is 1. The molecule has 0 bridgehead atoms. The van der Waals surface area contributed by atoms with Gasteiger partial charge in [0.05, 0.1) is 31.3 Å². The van der Waals surface area contributed by atoms with E-state index in [1.54, 1.807) is 6.26 Å². The fraction of sp³-hybridized carbons (Fsp3) is 0.312. The molecular weight excluding hydrogens is 312 g/mol. The summed E-state index contributed by atoms with van der Waals surface area (Å²) in [6.45, 7) is 0. The number of rotatable bonds is 4. The normalized spacial score (nSPS) is 16.1. The third kappa shape index (κ3) is 3.17. The lowest BCUT2D eigenvalue weighted by atomic mass is 9.93. The van der Waals surface area contributed by atoms with Gasteiger partial charge in [-0.1, -0.05) is 0 Å². The van der Waals surface area contributed by atoms with Gasteiger partial charge in [-0.2, -0.15) is 0 Å². The molecule has 2 heterocycles. The molecule has 4 N–H and O–H groups in total. The van der Waals surface area contributed by atoms with E-state index in [2.05, 4.69) is 15.6 Å². The summed E-state index contributed by atoms with van der Waals surface area (Å²) in [7, 11) is 1.39. The molecule has 1 unspecified atom stereocenters. The Morgan fingerprint density at radius 2 is 2.29 bits per heavy atom. The van der Waals surface area contributed by atoms with Gasteiger partial charge in [0, 0.05) is 12.0 Å². The SMILES string of the molecule is COc1ncc(NC(=O)NC2CCCc3occc32)cc1C(N)=O. The van der Waals surface area contributed by atoms with Crippen molar-refractivity contribution >= 4 is 17.6 Å². The smallest absolute Gasteiger partial charge is 0.319 e. The van der Waals surface area contributed by atoms with E-state index < -0.39 is 11.9 Å². The second-order valence-corrected chi connectivity index (χ2v) is 5.49. The van der Waals surface area contributed by atoms with Crippen LogP contribution in [-0.2, 0) is 6.42 Å². The van der Waals surface area contributed by atoms with E-state index in [-0.39, 0.29) is 17.5 Å². The van der Waals surface area contributed by atoms with Gasteiger partial charge in [0.15, 0.2) is 0 Å². The minimum absolute atomic E-state index is 0.102. The van der Waals surface area contributed by atoms with Gasteiger partial charge < -0.3 is 25.5 Å². The summed E-state index contributed by atoms with van der Waals surface area (Å²) < 4.78 is 10.4. The lowest BCUT2D eigenvalue weighted by Gasteiger charge is -2.22. The van der Waals surface area contributed by atoms with Crippen molar-refractivity contribution in [2.75, 3.05) is 12.4 Å². The molecule has 0 fully saturated rings. The summed E-state index contributed by atoms with van der Waals surface area (Å²) in [5.41, 5.74) is 6.74. The van der Waals surface area contributed by atoms with E-state index in [1.807, 2.05) is 6.07 Å². The Hall–Kier alpha value is -3.03. The lowest BCUT2D eigenvalue weighted by molar-refractivity contribution is 0.0996. The number of aromatic nitrogens is 1. The number of nitrogens with one attached hydrogen (secondary N) is 2. The molecule has 3 amide bonds. The van der Waals surface area contributed by atoms with Crippen LogP contribution >= 0.6 is 0 Å². The van der Waals surface area contributed by atoms with Gasteiger partial charge >= 0.3 is 6.03 Å². The predicted molar refractivity (Wildman–Crippen MR) is 85.8 cm³/mol. The van der Waals surface area contributed by atoms with Crippen LogP contribution in [0.5, 0.6) is 5.88 Å². The molecule has 1 atom stereocenters. The first kappa shape index (κ1) is 15.9. The average Bonchev–Trinajstić information content (AvgIpc) is 3.04. The van der Waals surface area contributed by atoms with E-state index in [1.165, 1.54) is 19.4 Å². The second-order valence-electron chi connectivity index (χ2n) is 5.49. The van der Waals surface area contributed by atoms with Crippen LogP contribution in [0.2, 0.25) is 0 Å². The van der Waals surface area contributed by atoms with Gasteiger partial charge in [-0.25, -0.2) is 9.78 Å². The van der Waals surface area contributed by atoms with Crippen LogP contribution in [0, 0.1) is 0 Å². The highest BCUT2D eigenvalue weighted by molar-refractivity contribution is 5.97. The molecule has 0 saturated carbocycles. The lowest BCUT2D eigenvalue weighted by Crippen LogP contribution is -2.34. The Bertz CT molecular complexity index is 771. The zero-order chi connectivity index (χ0) is 17.1. The number of nitrogens with zero attached hydrogens (tertiary/aromatic N) is 1. The molecule has 0 saturated heterocycles. The molecule has 0 spiro atoms. The largest absolute Gasteiger partial charge is 0.480 e. The monoisotopic (exact) mass is 330 g/mol. The molecule has 8 nitrogen and oxygen atoms in total. The number of aryl methyl sites for hydroxylation is 1. The van der Waals surface area contributed by atoms with Gasteiger partial charge in [-0.3, -0.25) is 4.79 Å². The molecule has 2 aromatic heterocycles. The number of hydrogen-bond donors (Lipinski definition) is 3. The number of nitrogens with two attached hydrogens (primary N) is 1. The zero-order valence-corrected chi connectivity index (χ0v) is 13.2. The number of primary amides is 1. The fourth-order valence-electron chi connectivity index (χ4n) is 2.82. The summed E-state index contributed by atoms with van der Waals surface area (Å²) in [4.78, 5) is 27.6. The number of methoxy groups -OCH3 is 1. The minimum Gasteiger partial charge on any atom is -0.480 e. The maximum atomic E-state index is 12.2. The van der Waals surface area contributed by atoms with Crippen molar-refractivity contribution in [1.29, 1.82) is 0 Å². The molecule has 1 aliphatic carbocycles. The summed E-state index contributed by atoms with van der Waals surface area (Å²) in [6.07, 6.45) is 5.70. The number of pyridine rings is 1. The van der Waals surface area contributed by atoms with Crippen molar-refractivity contribution in [3.63, 3.8) is 0 Å². The van der Waals surface area contributed by atoms with Crippen LogP contribution in [0.4, 0.5) is 10.5 Å². The number of urea groups is 1. The van der Waals surface area contributed by atoms with Crippen molar-refractivity contribution < 1.29 is 18.7 Å². The number of fused-ring (bicyclic) bond motifs is 1. The summed E-state index contributed by atoms with van der Waals surface area (Å²) in [6, 6.07) is 2.81. The van der Waals surface area contributed by atoms with Crippen LogP contribution in [0.1, 0.15) is 40.6 Å². The third-order valence-electron chi connectivity index (χ3n) is 3.93. The predicted octanol–water partition coefficient (Wildman–Crippen LogP) is 1.98. The van der Waals surface area contributed by atoms with Gasteiger partial charge in [0.25, 0.3) is 5.91 Å². The topological polar surface area (TPSA) is 119 Å². The minimum atomic E-state index is -0.682. The highest BCUT2D eigenvalue weighted by atomic mass is 16.5. The second kappa shape index (κ2) is 6.61. The van der Waals surface area contributed by atoms with Gasteiger partial charge in [0.2, 0.25) is 5.88 Å². The highest BCUT2D eigenvalue weighted by Crippen LogP contribution is 2.30. The molecule has 2 aromatic rings. The third-order valence-corrected chi connectivity index (χ3v) is 3.93. The average molecular weight is 330 g/mol. The molecular formula is C16H18N4O4. The van der Waals surface area contributed by atoms with Gasteiger partial charge in [-0.15, -0.1) is 0 Å². The molecule has 1 aliphatic rings. The van der Waals surface area contributed by atoms with Crippen LogP contribution in [0.15, 0.2) is 29.0 Å². The van der Waals surface area contributed by atoms with E-state index in [0.29, 0.717) is 5.69 Å². The van der Waals surface area contributed by atoms with Crippen molar-refractivity contribution in [2.24, 2.45) is 5.73 Å². The highest BCUT2D eigenvalue weighted by Gasteiger charge is 2.24. The molecule has 0 radical (unpaired) electrons. The van der Waals surface area contributed by atoms with Gasteiger partial charge in [-0.05, 0) is 25.0 Å². The summed E-state index contributed by atoms with van der Waals surface area (Å²) in [5, 5.41) is 5.55. The van der Waals surface area contributed by atoms with Crippen LogP contribution < -0.4 is 21.1 Å². The Balaban J connectivity index is 1.70. The maximum absolute atomic E-state index is 12.2. The van der Waals surface area contributed by atoms with Crippen LogP contribution in [0.25, 0.3) is 0 Å². The molecule has 0 aliphatic heterocycles. The van der Waals surface area contributed by atoms with Crippen molar-refractivity contribution in [3.8, 4) is 5.88 Å². The van der Waals surface area contributed by atoms with E-state index in [0.717, 1.165) is 30.6 Å². The number of carbonyl (C=O) groups is 2. The van der Waals surface area contributed by atoms with Gasteiger partial charge in [0.1, 0.15) is 11.3 Å². The van der Waals surface area contributed by atoms with Crippen LogP contribution in [0.3, 0.4) is 0 Å². The van der Waals surface area contributed by atoms with Crippen molar-refractivity contribution in [1.82, 2.24) is 10.3 Å². The Labute approximate surface area is 138 Å². The van der Waals surface area contributed by atoms with E-state index in [9.17, 15) is 9.59 Å². The van der Waals surface area contributed by atoms with E-state index >= 15 is 0 Å². The number of carbonyl (C=O) groups excluding carboxylic acids is 2. The van der Waals surface area contributed by atoms with Crippen molar-refractivity contribution in [3.05, 3.63) is 41.5 Å². The Morgan fingerprint density at radius 3 is 3.04 bits per heavy atom. The first-order valence-corrected chi connectivity index (χ1v) is 7.56. The number of anilines is 1. The Kier molecular flexibility index (Phi) is 4.37. The quantitative estimate of drug-likeness (QED) is 0.792.